The molecule has 1 saturated heterocycles. The highest BCUT2D eigenvalue weighted by molar-refractivity contribution is 5.37. The maximum Gasteiger partial charge on any atom is 0.269 e. The van der Waals surface area contributed by atoms with Crippen LogP contribution in [0.3, 0.4) is 0 Å². The zero-order chi connectivity index (χ0) is 17.5. The van der Waals surface area contributed by atoms with Gasteiger partial charge in [0.25, 0.3) is 5.69 Å². The Labute approximate surface area is 146 Å². The molecule has 1 aliphatic rings. The van der Waals surface area contributed by atoms with Crippen molar-refractivity contribution in [3.8, 4) is 5.75 Å². The van der Waals surface area contributed by atoms with Gasteiger partial charge in [0, 0.05) is 51.1 Å². The number of non-ortho nitro benzene ring substituents is 1. The maximum absolute atomic E-state index is 10.6. The van der Waals surface area contributed by atoms with Crippen molar-refractivity contribution < 1.29 is 9.66 Å². The Hall–Kier alpha value is -2.74. The highest BCUT2D eigenvalue weighted by Gasteiger charge is 2.16. The van der Waals surface area contributed by atoms with Gasteiger partial charge in [-0.05, 0) is 30.7 Å². The second-order valence-electron chi connectivity index (χ2n) is 5.86. The molecule has 3 rings (SSSR count). The zero-order valence-electron chi connectivity index (χ0n) is 14.0. The minimum absolute atomic E-state index is 0.0731. The van der Waals surface area contributed by atoms with E-state index in [1.807, 2.05) is 12.1 Å². The summed E-state index contributed by atoms with van der Waals surface area (Å²) in [5.41, 5.74) is 0.0731. The Kier molecular flexibility index (Phi) is 5.73. The molecule has 0 atom stereocenters. The first-order valence-corrected chi connectivity index (χ1v) is 8.34. The molecule has 0 radical (unpaired) electrons. The van der Waals surface area contributed by atoms with Crippen molar-refractivity contribution in [2.75, 3.05) is 44.2 Å². The number of benzene rings is 1. The minimum Gasteiger partial charge on any atom is -0.492 e. The van der Waals surface area contributed by atoms with Crippen LogP contribution in [0.15, 0.2) is 42.6 Å². The van der Waals surface area contributed by atoms with Gasteiger partial charge in [0.1, 0.15) is 12.4 Å². The van der Waals surface area contributed by atoms with E-state index < -0.39 is 4.92 Å². The molecule has 0 amide bonds. The quantitative estimate of drug-likeness (QED) is 0.585. The number of anilines is 1. The fourth-order valence-electron chi connectivity index (χ4n) is 2.84. The van der Waals surface area contributed by atoms with Crippen LogP contribution < -0.4 is 9.64 Å². The summed E-state index contributed by atoms with van der Waals surface area (Å²) >= 11 is 0. The zero-order valence-corrected chi connectivity index (χ0v) is 14.0. The number of hydrogen-bond acceptors (Lipinski definition) is 7. The number of nitro groups is 1. The molecule has 0 N–H and O–H groups in total. The molecule has 25 heavy (non-hydrogen) atoms. The van der Waals surface area contributed by atoms with Crippen molar-refractivity contribution in [2.24, 2.45) is 0 Å². The van der Waals surface area contributed by atoms with Crippen LogP contribution in [0.25, 0.3) is 0 Å². The predicted octanol–water partition coefficient (Wildman–Crippen LogP) is 1.98. The van der Waals surface area contributed by atoms with Crippen molar-refractivity contribution in [3.05, 3.63) is 52.7 Å². The molecule has 1 fully saturated rings. The molecule has 0 aliphatic carbocycles. The topological polar surface area (TPSA) is 84.6 Å². The van der Waals surface area contributed by atoms with E-state index in [1.165, 1.54) is 12.1 Å². The van der Waals surface area contributed by atoms with Crippen LogP contribution in [0.1, 0.15) is 6.42 Å². The standard InChI is InChI=1S/C17H21N5O3/c23-22(24)15-4-6-16(7-5-15)25-14-13-20-9-2-10-21(12-11-20)17-3-1-8-18-19-17/h1,3-8H,2,9-14H2. The highest BCUT2D eigenvalue weighted by atomic mass is 16.6. The summed E-state index contributed by atoms with van der Waals surface area (Å²) in [4.78, 5) is 14.8. The monoisotopic (exact) mass is 343 g/mol. The van der Waals surface area contributed by atoms with Gasteiger partial charge in [-0.25, -0.2) is 0 Å². The third-order valence-corrected chi connectivity index (χ3v) is 4.19. The minimum atomic E-state index is -0.413. The first kappa shape index (κ1) is 17.1. The summed E-state index contributed by atoms with van der Waals surface area (Å²) in [6.07, 6.45) is 2.75. The van der Waals surface area contributed by atoms with E-state index in [9.17, 15) is 10.1 Å². The molecule has 8 nitrogen and oxygen atoms in total. The predicted molar refractivity (Wildman–Crippen MR) is 93.9 cm³/mol. The summed E-state index contributed by atoms with van der Waals surface area (Å²) in [6, 6.07) is 10.1. The lowest BCUT2D eigenvalue weighted by atomic mass is 10.3. The molecule has 2 aromatic rings. The SMILES string of the molecule is O=[N+]([O-])c1ccc(OCCN2CCCN(c3cccnn3)CC2)cc1. The normalized spacial score (nSPS) is 15.6. The average molecular weight is 343 g/mol. The highest BCUT2D eigenvalue weighted by Crippen LogP contribution is 2.17. The van der Waals surface area contributed by atoms with Gasteiger partial charge in [0.05, 0.1) is 4.92 Å². The molecule has 1 aliphatic heterocycles. The van der Waals surface area contributed by atoms with Gasteiger partial charge in [0.2, 0.25) is 0 Å². The number of nitrogens with zero attached hydrogens (tertiary/aromatic N) is 5. The van der Waals surface area contributed by atoms with Crippen molar-refractivity contribution in [3.63, 3.8) is 0 Å². The van der Waals surface area contributed by atoms with Gasteiger partial charge in [-0.3, -0.25) is 15.0 Å². The maximum atomic E-state index is 10.6. The first-order valence-electron chi connectivity index (χ1n) is 8.34. The van der Waals surface area contributed by atoms with Gasteiger partial charge in [0.15, 0.2) is 5.82 Å². The number of nitro benzene ring substituents is 1. The van der Waals surface area contributed by atoms with Crippen LogP contribution in [0.4, 0.5) is 11.5 Å². The van der Waals surface area contributed by atoms with Crippen molar-refractivity contribution >= 4 is 11.5 Å². The molecule has 132 valence electrons. The summed E-state index contributed by atoms with van der Waals surface area (Å²) in [7, 11) is 0. The van der Waals surface area contributed by atoms with Crippen molar-refractivity contribution in [2.45, 2.75) is 6.42 Å². The van der Waals surface area contributed by atoms with Crippen molar-refractivity contribution in [1.29, 1.82) is 0 Å². The molecule has 1 aromatic heterocycles. The smallest absolute Gasteiger partial charge is 0.269 e. The van der Waals surface area contributed by atoms with Gasteiger partial charge in [-0.1, -0.05) is 0 Å². The van der Waals surface area contributed by atoms with Crippen LogP contribution in [0.2, 0.25) is 0 Å². The van der Waals surface area contributed by atoms with E-state index in [1.54, 1.807) is 18.3 Å². The largest absolute Gasteiger partial charge is 0.492 e. The lowest BCUT2D eigenvalue weighted by molar-refractivity contribution is -0.384. The Balaban J connectivity index is 1.44. The second kappa shape index (κ2) is 8.39. The molecule has 0 unspecified atom stereocenters. The third-order valence-electron chi connectivity index (χ3n) is 4.19. The number of aromatic nitrogens is 2. The third kappa shape index (κ3) is 4.87. The lowest BCUT2D eigenvalue weighted by Crippen LogP contribution is -2.33. The van der Waals surface area contributed by atoms with Crippen LogP contribution in [-0.2, 0) is 0 Å². The number of rotatable bonds is 6. The molecule has 0 spiro atoms. The van der Waals surface area contributed by atoms with Crippen LogP contribution in [0.5, 0.6) is 5.75 Å². The fourth-order valence-corrected chi connectivity index (χ4v) is 2.84. The van der Waals surface area contributed by atoms with E-state index in [0.29, 0.717) is 12.4 Å². The van der Waals surface area contributed by atoms with E-state index in [2.05, 4.69) is 20.0 Å². The Morgan fingerprint density at radius 1 is 1.12 bits per heavy atom. The van der Waals surface area contributed by atoms with Gasteiger partial charge < -0.3 is 9.64 Å². The van der Waals surface area contributed by atoms with E-state index >= 15 is 0 Å². The molecule has 2 heterocycles. The van der Waals surface area contributed by atoms with E-state index in [-0.39, 0.29) is 5.69 Å². The van der Waals surface area contributed by atoms with E-state index in [4.69, 9.17) is 4.74 Å². The molecule has 0 bridgehead atoms. The lowest BCUT2D eigenvalue weighted by Gasteiger charge is -2.22. The van der Waals surface area contributed by atoms with Gasteiger partial charge >= 0.3 is 0 Å². The Bertz CT molecular complexity index is 680. The van der Waals surface area contributed by atoms with Crippen LogP contribution >= 0.6 is 0 Å². The number of hydrogen-bond donors (Lipinski definition) is 0. The molecule has 0 saturated carbocycles. The van der Waals surface area contributed by atoms with Crippen molar-refractivity contribution in [1.82, 2.24) is 15.1 Å². The van der Waals surface area contributed by atoms with Crippen LogP contribution in [-0.4, -0.2) is 59.4 Å². The molecular formula is C17H21N5O3. The fraction of sp³-hybridized carbons (Fsp3) is 0.412. The summed E-state index contributed by atoms with van der Waals surface area (Å²) in [5, 5.41) is 18.8. The molecule has 1 aromatic carbocycles. The first-order chi connectivity index (χ1) is 12.2. The Morgan fingerprint density at radius 2 is 1.96 bits per heavy atom. The van der Waals surface area contributed by atoms with Crippen LogP contribution in [0, 0.1) is 10.1 Å². The van der Waals surface area contributed by atoms with Gasteiger partial charge in [-0.15, -0.1) is 5.10 Å². The van der Waals surface area contributed by atoms with Gasteiger partial charge in [-0.2, -0.15) is 5.10 Å². The molecular weight excluding hydrogens is 322 g/mol. The molecule has 8 heteroatoms. The Morgan fingerprint density at radius 3 is 2.68 bits per heavy atom. The van der Waals surface area contributed by atoms with E-state index in [0.717, 1.165) is 45.0 Å². The summed E-state index contributed by atoms with van der Waals surface area (Å²) < 4.78 is 5.70. The average Bonchev–Trinajstić information content (AvgIpc) is 2.89. The summed E-state index contributed by atoms with van der Waals surface area (Å²) in [5.74, 6) is 1.58. The second-order valence-corrected chi connectivity index (χ2v) is 5.86. The number of ether oxygens (including phenoxy) is 1. The summed E-state index contributed by atoms with van der Waals surface area (Å²) in [6.45, 7) is 5.23.